The number of esters is 1. The van der Waals surface area contributed by atoms with Crippen molar-refractivity contribution in [1.29, 1.82) is 0 Å². The zero-order valence-corrected chi connectivity index (χ0v) is 54.8. The van der Waals surface area contributed by atoms with Crippen LogP contribution >= 0.6 is 31.0 Å². The van der Waals surface area contributed by atoms with Crippen molar-refractivity contribution in [2.24, 2.45) is 11.8 Å². The molecule has 8 aliphatic carbocycles. The predicted octanol–water partition coefficient (Wildman–Crippen LogP) is 20.2. The summed E-state index contributed by atoms with van der Waals surface area (Å²) in [5.74, 6) is 1.37. The average Bonchev–Trinajstić information content (AvgIpc) is 4.29. The van der Waals surface area contributed by atoms with Gasteiger partial charge in [0.1, 0.15) is 6.10 Å². The van der Waals surface area contributed by atoms with Gasteiger partial charge in [0.25, 0.3) is 0 Å². The number of ether oxygens (including phenoxy) is 1. The standard InChI is InChI=1S/C27H45P2.C17H26O2P.C12H23P.2C5H10.2Fe/c1-22(28(23-14-7-4-8-15-23)24-16-9-5-10-17-24)26-20-13-21-27(26)29(2,3)25-18-11-6-12-19-25;1-13(19-14(2)18)16-11-8-12-17(16)20(3,4)15-9-6-5-7-10-15;1-3-7-11(8-4-1)13-12-9-5-2-6-10-12;2*1-2-4-5-3-1;;/h6,11-12,18-19,22-24,26-27H,4-5,7-10,13-17,20-21H2,1-3H3;5-7,9-10,13,16-17H,8,11-12H2,1-4H3;11-13H,1-10H2;2*1-5H2;;/q2*+1;;;;;/t22-,26?,27?;13-,16?,17?;;;;;/m11...../s1. The van der Waals surface area contributed by atoms with E-state index in [4.69, 9.17) is 4.74 Å². The summed E-state index contributed by atoms with van der Waals surface area (Å²) in [6, 6.07) is 22.5. The summed E-state index contributed by atoms with van der Waals surface area (Å²) in [6.07, 6.45) is 54.1. The van der Waals surface area contributed by atoms with E-state index >= 15 is 0 Å². The molecule has 8 aliphatic rings. The van der Waals surface area contributed by atoms with Crippen LogP contribution < -0.4 is 10.6 Å². The van der Waals surface area contributed by atoms with Crippen molar-refractivity contribution in [1.82, 2.24) is 0 Å². The molecule has 0 aliphatic heterocycles. The normalized spacial score (nSPS) is 25.9. The third kappa shape index (κ3) is 21.9. The number of carbonyl (C=O) groups excluding carboxylic acids is 1. The smallest absolute Gasteiger partial charge is 0.302 e. The Morgan fingerprint density at radius 1 is 0.446 bits per heavy atom. The Labute approximate surface area is 484 Å². The van der Waals surface area contributed by atoms with Crippen LogP contribution in [0.4, 0.5) is 0 Å². The number of hydrogen-bond donors (Lipinski definition) is 0. The molecule has 10 rings (SSSR count). The molecule has 8 saturated carbocycles. The van der Waals surface area contributed by atoms with Crippen LogP contribution in [0, 0.1) is 11.8 Å². The summed E-state index contributed by atoms with van der Waals surface area (Å²) in [4.78, 5) is 11.2. The summed E-state index contributed by atoms with van der Waals surface area (Å²) in [5.41, 5.74) is 7.18. The maximum Gasteiger partial charge on any atom is 0.302 e. The van der Waals surface area contributed by atoms with Gasteiger partial charge in [-0.25, -0.2) is 0 Å². The molecule has 0 saturated heterocycles. The van der Waals surface area contributed by atoms with E-state index in [0.717, 1.165) is 39.9 Å². The molecule has 0 radical (unpaired) electrons. The quantitative estimate of drug-likeness (QED) is 0.120. The molecule has 424 valence electrons. The van der Waals surface area contributed by atoms with Gasteiger partial charge in [-0.2, -0.15) is 0 Å². The Hall–Kier alpha value is 0.669. The first kappa shape index (κ1) is 67.2. The van der Waals surface area contributed by atoms with Crippen molar-refractivity contribution in [2.45, 2.75) is 298 Å². The van der Waals surface area contributed by atoms with E-state index in [9.17, 15) is 4.79 Å². The molecule has 4 unspecified atom stereocenters. The summed E-state index contributed by atoms with van der Waals surface area (Å²) in [5, 5.41) is 3.18. The van der Waals surface area contributed by atoms with Crippen LogP contribution in [0.15, 0.2) is 60.7 Å². The van der Waals surface area contributed by atoms with Gasteiger partial charge in [-0.3, -0.25) is 4.79 Å². The fraction of sp³-hybridized carbons (Fsp3) is 0.803. The van der Waals surface area contributed by atoms with Crippen LogP contribution in [0.5, 0.6) is 0 Å². The predicted molar refractivity (Wildman–Crippen MR) is 332 cm³/mol. The molecule has 2 aromatic carbocycles. The molecule has 2 nitrogen and oxygen atoms in total. The first-order chi connectivity index (χ1) is 35.0. The topological polar surface area (TPSA) is 26.3 Å². The molecule has 0 spiro atoms. The molecule has 8 fully saturated rings. The van der Waals surface area contributed by atoms with Gasteiger partial charge in [0, 0.05) is 67.4 Å². The fourth-order valence-corrected chi connectivity index (χ4v) is 29.5. The van der Waals surface area contributed by atoms with Crippen LogP contribution in [-0.4, -0.2) is 78.3 Å². The van der Waals surface area contributed by atoms with Crippen LogP contribution in [0.25, 0.3) is 0 Å². The zero-order chi connectivity index (χ0) is 51.0. The number of rotatable bonds is 12. The Balaban J connectivity index is 0.000000227. The van der Waals surface area contributed by atoms with Crippen LogP contribution in [0.3, 0.4) is 0 Å². The van der Waals surface area contributed by atoms with Crippen molar-refractivity contribution in [3.63, 3.8) is 0 Å². The zero-order valence-electron chi connectivity index (χ0n) is 48.9. The van der Waals surface area contributed by atoms with Crippen LogP contribution in [-0.2, 0) is 43.7 Å². The number of benzene rings is 2. The minimum Gasteiger partial charge on any atom is -0.462 e. The van der Waals surface area contributed by atoms with Crippen LogP contribution in [0.1, 0.15) is 252 Å². The third-order valence-electron chi connectivity index (χ3n) is 19.8. The molecular formula is C66H114Fe2O2P4+2. The fourth-order valence-electron chi connectivity index (χ4n) is 15.6. The molecular weight excluding hydrogens is 1060 g/mol. The third-order valence-corrected chi connectivity index (χ3v) is 33.8. The van der Waals surface area contributed by atoms with Gasteiger partial charge in [-0.05, 0) is 149 Å². The second kappa shape index (κ2) is 36.9. The number of carbonyl (C=O) groups is 1. The number of hydrogen-bond acceptors (Lipinski definition) is 2. The van der Waals surface area contributed by atoms with Crippen LogP contribution in [0.2, 0.25) is 0 Å². The van der Waals surface area contributed by atoms with Crippen molar-refractivity contribution in [2.75, 3.05) is 26.7 Å². The van der Waals surface area contributed by atoms with Gasteiger partial charge in [0.05, 0.1) is 48.6 Å². The first-order valence-corrected chi connectivity index (χ1v) is 39.7. The van der Waals surface area contributed by atoms with Gasteiger partial charge in [-0.15, -0.1) is 8.58 Å². The minimum atomic E-state index is -1.19. The van der Waals surface area contributed by atoms with Gasteiger partial charge in [0.15, 0.2) is 0 Å². The van der Waals surface area contributed by atoms with Gasteiger partial charge in [0.2, 0.25) is 0 Å². The van der Waals surface area contributed by atoms with E-state index in [1.807, 2.05) is 0 Å². The summed E-state index contributed by atoms with van der Waals surface area (Å²) in [6.45, 7) is 16.5. The van der Waals surface area contributed by atoms with Crippen molar-refractivity contribution in [3.8, 4) is 0 Å². The largest absolute Gasteiger partial charge is 0.462 e. The Morgan fingerprint density at radius 3 is 1.11 bits per heavy atom. The van der Waals surface area contributed by atoms with Gasteiger partial charge >= 0.3 is 5.97 Å². The monoisotopic (exact) mass is 1170 g/mol. The minimum absolute atomic E-state index is 0. The van der Waals surface area contributed by atoms with E-state index in [1.54, 1.807) is 56.7 Å². The van der Waals surface area contributed by atoms with Crippen molar-refractivity contribution < 1.29 is 43.7 Å². The maximum atomic E-state index is 11.2. The molecule has 0 N–H and O–H groups in total. The second-order valence-electron chi connectivity index (χ2n) is 25.5. The van der Waals surface area contributed by atoms with Crippen molar-refractivity contribution >= 4 is 47.6 Å². The molecule has 0 bridgehead atoms. The van der Waals surface area contributed by atoms with Gasteiger partial charge in [-0.1, -0.05) is 193 Å². The molecule has 74 heavy (non-hydrogen) atoms. The average molecular weight is 1180 g/mol. The van der Waals surface area contributed by atoms with E-state index in [1.165, 1.54) is 201 Å². The maximum absolute atomic E-state index is 11.2. The van der Waals surface area contributed by atoms with Crippen molar-refractivity contribution in [3.05, 3.63) is 60.7 Å². The van der Waals surface area contributed by atoms with Gasteiger partial charge < -0.3 is 4.74 Å². The Bertz CT molecular complexity index is 1650. The summed E-state index contributed by atoms with van der Waals surface area (Å²) < 4.78 is 5.47. The molecule has 6 atom stereocenters. The van der Waals surface area contributed by atoms with E-state index in [-0.39, 0.29) is 54.1 Å². The molecule has 8 heteroatoms. The van der Waals surface area contributed by atoms with E-state index in [0.29, 0.717) is 11.6 Å². The molecule has 0 amide bonds. The summed E-state index contributed by atoms with van der Waals surface area (Å²) >= 11 is 0. The first-order valence-electron chi connectivity index (χ1n) is 31.5. The molecule has 0 heterocycles. The Morgan fingerprint density at radius 2 is 0.757 bits per heavy atom. The molecule has 0 aromatic heterocycles. The van der Waals surface area contributed by atoms with E-state index < -0.39 is 14.5 Å². The SMILES string of the molecule is C1CCC(PC2CCCCC2)CC1.C1CCCC1.C1CCCC1.CC(=O)O[C@H](C)C1CCCC1[P+](C)(C)c1ccccc1.C[C@H](C1CCCC1[P+](C)(C)c1ccccc1)P(C1CCCCC1)C1CCCCC1.[Fe].[Fe]. The Kier molecular flexibility index (Phi) is 33.5. The summed E-state index contributed by atoms with van der Waals surface area (Å²) in [7, 11) is -0.713. The molecule has 2 aromatic rings. The van der Waals surface area contributed by atoms with E-state index in [2.05, 4.69) is 101 Å². The second-order valence-corrected chi connectivity index (χ2v) is 39.2.